The third-order valence-electron chi connectivity index (χ3n) is 4.81. The molecule has 2 heterocycles. The first-order valence-electron chi connectivity index (χ1n) is 8.94. The molecule has 0 saturated carbocycles. The standard InChI is InChI=1S/C19H28N4O2/c1-15-18(16(2)23(21-15)7-10-24)13-20-19-6-4-3-5-17(19)14-22-8-11-25-12-9-22/h3-6,20,24H,7-14H2,1-2H3. The van der Waals surface area contributed by atoms with Crippen LogP contribution in [0.3, 0.4) is 0 Å². The van der Waals surface area contributed by atoms with E-state index in [1.54, 1.807) is 0 Å². The van der Waals surface area contributed by atoms with Gasteiger partial charge in [-0.2, -0.15) is 5.10 Å². The Balaban J connectivity index is 1.69. The number of morpholine rings is 1. The van der Waals surface area contributed by atoms with Crippen molar-refractivity contribution in [1.82, 2.24) is 14.7 Å². The molecule has 0 spiro atoms. The number of ether oxygens (including phenoxy) is 1. The lowest BCUT2D eigenvalue weighted by Crippen LogP contribution is -2.35. The minimum absolute atomic E-state index is 0.108. The number of aliphatic hydroxyl groups is 1. The summed E-state index contributed by atoms with van der Waals surface area (Å²) in [7, 11) is 0. The first-order chi connectivity index (χ1) is 12.2. The molecule has 1 aromatic heterocycles. The Hall–Kier alpha value is -1.89. The van der Waals surface area contributed by atoms with E-state index in [1.807, 2.05) is 11.6 Å². The van der Waals surface area contributed by atoms with Crippen molar-refractivity contribution in [2.24, 2.45) is 0 Å². The highest BCUT2D eigenvalue weighted by Crippen LogP contribution is 2.21. The lowest BCUT2D eigenvalue weighted by molar-refractivity contribution is 0.0342. The zero-order valence-electron chi connectivity index (χ0n) is 15.2. The second-order valence-electron chi connectivity index (χ2n) is 6.50. The molecule has 6 heteroatoms. The van der Waals surface area contributed by atoms with E-state index >= 15 is 0 Å². The van der Waals surface area contributed by atoms with Crippen LogP contribution >= 0.6 is 0 Å². The van der Waals surface area contributed by atoms with E-state index < -0.39 is 0 Å². The molecule has 6 nitrogen and oxygen atoms in total. The minimum atomic E-state index is 0.108. The molecule has 0 bridgehead atoms. The molecule has 1 fully saturated rings. The second kappa shape index (κ2) is 8.47. The van der Waals surface area contributed by atoms with Crippen LogP contribution in [0.5, 0.6) is 0 Å². The van der Waals surface area contributed by atoms with Gasteiger partial charge in [-0.05, 0) is 25.5 Å². The molecule has 2 aromatic rings. The van der Waals surface area contributed by atoms with Crippen molar-refractivity contribution in [3.05, 3.63) is 46.8 Å². The highest BCUT2D eigenvalue weighted by Gasteiger charge is 2.14. The van der Waals surface area contributed by atoms with Crippen LogP contribution in [0.25, 0.3) is 0 Å². The molecular formula is C19H28N4O2. The van der Waals surface area contributed by atoms with E-state index in [4.69, 9.17) is 9.84 Å². The van der Waals surface area contributed by atoms with Crippen LogP contribution in [0.4, 0.5) is 5.69 Å². The van der Waals surface area contributed by atoms with Gasteiger partial charge >= 0.3 is 0 Å². The fourth-order valence-corrected chi connectivity index (χ4v) is 3.32. The third kappa shape index (κ3) is 4.39. The van der Waals surface area contributed by atoms with Crippen molar-refractivity contribution in [1.29, 1.82) is 0 Å². The Morgan fingerprint density at radius 2 is 1.96 bits per heavy atom. The van der Waals surface area contributed by atoms with Gasteiger partial charge in [0, 0.05) is 43.1 Å². The molecular weight excluding hydrogens is 316 g/mol. The highest BCUT2D eigenvalue weighted by atomic mass is 16.5. The fourth-order valence-electron chi connectivity index (χ4n) is 3.32. The number of nitrogens with one attached hydrogen (secondary N) is 1. The molecule has 0 aliphatic carbocycles. The maximum absolute atomic E-state index is 9.15. The summed E-state index contributed by atoms with van der Waals surface area (Å²) in [6.45, 7) is 10.0. The number of anilines is 1. The largest absolute Gasteiger partial charge is 0.394 e. The van der Waals surface area contributed by atoms with Crippen molar-refractivity contribution < 1.29 is 9.84 Å². The van der Waals surface area contributed by atoms with E-state index in [9.17, 15) is 0 Å². The summed E-state index contributed by atoms with van der Waals surface area (Å²) in [5.74, 6) is 0. The number of hydrogen-bond acceptors (Lipinski definition) is 5. The topological polar surface area (TPSA) is 62.5 Å². The number of hydrogen-bond donors (Lipinski definition) is 2. The van der Waals surface area contributed by atoms with Crippen LogP contribution in [0.15, 0.2) is 24.3 Å². The number of para-hydroxylation sites is 1. The Morgan fingerprint density at radius 1 is 1.20 bits per heavy atom. The maximum atomic E-state index is 9.15. The predicted octanol–water partition coefficient (Wildman–Crippen LogP) is 1.94. The molecule has 0 unspecified atom stereocenters. The number of aryl methyl sites for hydroxylation is 1. The molecule has 1 saturated heterocycles. The van der Waals surface area contributed by atoms with Crippen LogP contribution in [0.2, 0.25) is 0 Å². The molecule has 25 heavy (non-hydrogen) atoms. The SMILES string of the molecule is Cc1nn(CCO)c(C)c1CNc1ccccc1CN1CCOCC1. The number of benzene rings is 1. The van der Waals surface area contributed by atoms with E-state index in [-0.39, 0.29) is 6.61 Å². The van der Waals surface area contributed by atoms with Gasteiger partial charge in [-0.25, -0.2) is 0 Å². The number of aliphatic hydroxyl groups excluding tert-OH is 1. The van der Waals surface area contributed by atoms with Gasteiger partial charge in [-0.1, -0.05) is 18.2 Å². The van der Waals surface area contributed by atoms with Gasteiger partial charge < -0.3 is 15.2 Å². The summed E-state index contributed by atoms with van der Waals surface area (Å²) in [6, 6.07) is 8.49. The Morgan fingerprint density at radius 3 is 2.72 bits per heavy atom. The summed E-state index contributed by atoms with van der Waals surface area (Å²) in [6.07, 6.45) is 0. The third-order valence-corrected chi connectivity index (χ3v) is 4.81. The summed E-state index contributed by atoms with van der Waals surface area (Å²) < 4.78 is 7.32. The summed E-state index contributed by atoms with van der Waals surface area (Å²) >= 11 is 0. The van der Waals surface area contributed by atoms with Crippen molar-refractivity contribution in [3.8, 4) is 0 Å². The number of aromatic nitrogens is 2. The lowest BCUT2D eigenvalue weighted by Gasteiger charge is -2.27. The molecule has 3 rings (SSSR count). The molecule has 1 aliphatic rings. The van der Waals surface area contributed by atoms with E-state index in [0.29, 0.717) is 6.54 Å². The number of rotatable bonds is 7. The van der Waals surface area contributed by atoms with Gasteiger partial charge in [-0.15, -0.1) is 0 Å². The summed E-state index contributed by atoms with van der Waals surface area (Å²) in [4.78, 5) is 2.43. The van der Waals surface area contributed by atoms with Crippen molar-refractivity contribution in [3.63, 3.8) is 0 Å². The molecule has 0 atom stereocenters. The average Bonchev–Trinajstić information content (AvgIpc) is 2.89. The first-order valence-corrected chi connectivity index (χ1v) is 8.94. The van der Waals surface area contributed by atoms with Gasteiger partial charge in [0.15, 0.2) is 0 Å². The van der Waals surface area contributed by atoms with Gasteiger partial charge in [0.1, 0.15) is 0 Å². The molecule has 0 amide bonds. The van der Waals surface area contributed by atoms with Crippen LogP contribution < -0.4 is 5.32 Å². The van der Waals surface area contributed by atoms with E-state index in [2.05, 4.69) is 46.5 Å². The molecule has 1 aromatic carbocycles. The first kappa shape index (κ1) is 17.9. The second-order valence-corrected chi connectivity index (χ2v) is 6.50. The highest BCUT2D eigenvalue weighted by molar-refractivity contribution is 5.51. The normalized spacial score (nSPS) is 15.5. The van der Waals surface area contributed by atoms with Crippen molar-refractivity contribution >= 4 is 5.69 Å². The molecule has 1 aliphatic heterocycles. The van der Waals surface area contributed by atoms with Gasteiger partial charge in [0.2, 0.25) is 0 Å². The Bertz CT molecular complexity index is 693. The van der Waals surface area contributed by atoms with Gasteiger partial charge in [0.25, 0.3) is 0 Å². The average molecular weight is 344 g/mol. The molecule has 2 N–H and O–H groups in total. The zero-order valence-corrected chi connectivity index (χ0v) is 15.2. The van der Waals surface area contributed by atoms with Gasteiger partial charge in [0.05, 0.1) is 32.1 Å². The van der Waals surface area contributed by atoms with Crippen LogP contribution in [0, 0.1) is 13.8 Å². The fraction of sp³-hybridized carbons (Fsp3) is 0.526. The van der Waals surface area contributed by atoms with Gasteiger partial charge in [-0.3, -0.25) is 9.58 Å². The summed E-state index contributed by atoms with van der Waals surface area (Å²) in [5, 5.41) is 17.3. The monoisotopic (exact) mass is 344 g/mol. The van der Waals surface area contributed by atoms with Crippen molar-refractivity contribution in [2.75, 3.05) is 38.2 Å². The lowest BCUT2D eigenvalue weighted by atomic mass is 10.1. The summed E-state index contributed by atoms with van der Waals surface area (Å²) in [5.41, 5.74) is 5.81. The number of nitrogens with zero attached hydrogens (tertiary/aromatic N) is 3. The molecule has 136 valence electrons. The van der Waals surface area contributed by atoms with Crippen LogP contribution in [0.1, 0.15) is 22.5 Å². The van der Waals surface area contributed by atoms with Crippen LogP contribution in [-0.4, -0.2) is 52.7 Å². The maximum Gasteiger partial charge on any atom is 0.0646 e. The van der Waals surface area contributed by atoms with Crippen molar-refractivity contribution in [2.45, 2.75) is 33.5 Å². The molecule has 0 radical (unpaired) electrons. The quantitative estimate of drug-likeness (QED) is 0.804. The Kier molecular flexibility index (Phi) is 6.07. The van der Waals surface area contributed by atoms with E-state index in [0.717, 1.165) is 50.8 Å². The zero-order chi connectivity index (χ0) is 17.6. The minimum Gasteiger partial charge on any atom is -0.394 e. The Labute approximate surface area is 149 Å². The van der Waals surface area contributed by atoms with E-state index in [1.165, 1.54) is 16.8 Å². The predicted molar refractivity (Wildman–Crippen MR) is 98.7 cm³/mol. The smallest absolute Gasteiger partial charge is 0.0646 e. The van der Waals surface area contributed by atoms with Crippen LogP contribution in [-0.2, 0) is 24.4 Å².